The Morgan fingerprint density at radius 1 is 1.29 bits per heavy atom. The lowest BCUT2D eigenvalue weighted by Gasteiger charge is -2.33. The summed E-state index contributed by atoms with van der Waals surface area (Å²) in [6, 6.07) is 8.48. The van der Waals surface area contributed by atoms with Crippen molar-refractivity contribution in [3.63, 3.8) is 0 Å². The molecule has 0 aromatic heterocycles. The van der Waals surface area contributed by atoms with E-state index in [4.69, 9.17) is 5.73 Å². The topological polar surface area (TPSA) is 55.1 Å². The standard InChI is InChI=1S/C18H28N2O/c1-14-8-4-5-9-16(14)12-15(2)20-17(21)13-18(19)10-6-3-7-11-18/h4-5,8-9,15H,3,6-7,10-13,19H2,1-2H3,(H,20,21). The summed E-state index contributed by atoms with van der Waals surface area (Å²) in [6.45, 7) is 4.18. The zero-order chi connectivity index (χ0) is 15.3. The van der Waals surface area contributed by atoms with Crippen LogP contribution in [0, 0.1) is 6.92 Å². The van der Waals surface area contributed by atoms with Crippen LogP contribution < -0.4 is 11.1 Å². The molecule has 0 bridgehead atoms. The van der Waals surface area contributed by atoms with Crippen LogP contribution in [-0.4, -0.2) is 17.5 Å². The van der Waals surface area contributed by atoms with Gasteiger partial charge in [-0.15, -0.1) is 0 Å². The van der Waals surface area contributed by atoms with E-state index in [1.807, 2.05) is 12.1 Å². The van der Waals surface area contributed by atoms with Crippen LogP contribution in [0.5, 0.6) is 0 Å². The van der Waals surface area contributed by atoms with Crippen molar-refractivity contribution in [1.29, 1.82) is 0 Å². The monoisotopic (exact) mass is 288 g/mol. The third-order valence-corrected chi connectivity index (χ3v) is 4.56. The quantitative estimate of drug-likeness (QED) is 0.874. The van der Waals surface area contributed by atoms with E-state index in [1.54, 1.807) is 0 Å². The summed E-state index contributed by atoms with van der Waals surface area (Å²) < 4.78 is 0. The van der Waals surface area contributed by atoms with Crippen LogP contribution in [0.15, 0.2) is 24.3 Å². The maximum atomic E-state index is 12.2. The second-order valence-corrected chi connectivity index (χ2v) is 6.70. The molecule has 1 amide bonds. The summed E-state index contributed by atoms with van der Waals surface area (Å²) in [5.74, 6) is 0.0977. The molecule has 0 radical (unpaired) electrons. The fourth-order valence-electron chi connectivity index (χ4n) is 3.30. The van der Waals surface area contributed by atoms with Crippen molar-refractivity contribution >= 4 is 5.91 Å². The SMILES string of the molecule is Cc1ccccc1CC(C)NC(=O)CC1(N)CCCCC1. The number of nitrogens with one attached hydrogen (secondary N) is 1. The molecule has 3 nitrogen and oxygen atoms in total. The minimum absolute atomic E-state index is 0.0977. The maximum absolute atomic E-state index is 12.2. The lowest BCUT2D eigenvalue weighted by atomic mass is 9.80. The van der Waals surface area contributed by atoms with Gasteiger partial charge in [0.25, 0.3) is 0 Å². The Morgan fingerprint density at radius 2 is 1.95 bits per heavy atom. The minimum atomic E-state index is -0.273. The van der Waals surface area contributed by atoms with Gasteiger partial charge in [-0.2, -0.15) is 0 Å². The van der Waals surface area contributed by atoms with Crippen LogP contribution in [-0.2, 0) is 11.2 Å². The van der Waals surface area contributed by atoms with Gasteiger partial charge in [0.15, 0.2) is 0 Å². The number of carbonyl (C=O) groups excluding carboxylic acids is 1. The molecule has 1 atom stereocenters. The van der Waals surface area contributed by atoms with Crippen LogP contribution >= 0.6 is 0 Å². The van der Waals surface area contributed by atoms with E-state index in [0.29, 0.717) is 6.42 Å². The van der Waals surface area contributed by atoms with Gasteiger partial charge in [-0.25, -0.2) is 0 Å². The molecule has 3 N–H and O–H groups in total. The number of amides is 1. The van der Waals surface area contributed by atoms with Crippen molar-refractivity contribution in [2.45, 2.75) is 70.4 Å². The van der Waals surface area contributed by atoms with Crippen molar-refractivity contribution in [3.05, 3.63) is 35.4 Å². The van der Waals surface area contributed by atoms with Crippen molar-refractivity contribution in [2.75, 3.05) is 0 Å². The van der Waals surface area contributed by atoms with Gasteiger partial charge in [0.05, 0.1) is 0 Å². The highest BCUT2D eigenvalue weighted by atomic mass is 16.1. The Kier molecular flexibility index (Phi) is 5.40. The molecule has 1 unspecified atom stereocenters. The fourth-order valence-corrected chi connectivity index (χ4v) is 3.30. The van der Waals surface area contributed by atoms with E-state index in [-0.39, 0.29) is 17.5 Å². The Labute approximate surface area is 128 Å². The zero-order valence-corrected chi connectivity index (χ0v) is 13.3. The third kappa shape index (κ3) is 4.85. The minimum Gasteiger partial charge on any atom is -0.353 e. The number of rotatable bonds is 5. The average Bonchev–Trinajstić information content (AvgIpc) is 2.41. The maximum Gasteiger partial charge on any atom is 0.222 e. The van der Waals surface area contributed by atoms with Crippen LogP contribution in [0.25, 0.3) is 0 Å². The van der Waals surface area contributed by atoms with E-state index in [2.05, 4.69) is 31.3 Å². The molecule has 2 rings (SSSR count). The van der Waals surface area contributed by atoms with E-state index < -0.39 is 0 Å². The van der Waals surface area contributed by atoms with Crippen molar-refractivity contribution < 1.29 is 4.79 Å². The Bertz CT molecular complexity index is 478. The first-order valence-electron chi connectivity index (χ1n) is 8.11. The second-order valence-electron chi connectivity index (χ2n) is 6.70. The van der Waals surface area contributed by atoms with Gasteiger partial charge in [0.1, 0.15) is 0 Å². The number of aryl methyl sites for hydroxylation is 1. The van der Waals surface area contributed by atoms with Crippen molar-refractivity contribution in [3.8, 4) is 0 Å². The molecule has 116 valence electrons. The molecule has 1 aliphatic carbocycles. The number of hydrogen-bond donors (Lipinski definition) is 2. The molecule has 0 saturated heterocycles. The van der Waals surface area contributed by atoms with Gasteiger partial charge in [0, 0.05) is 18.0 Å². The zero-order valence-electron chi connectivity index (χ0n) is 13.3. The first-order chi connectivity index (χ1) is 9.98. The first kappa shape index (κ1) is 16.0. The molecule has 0 heterocycles. The molecule has 3 heteroatoms. The van der Waals surface area contributed by atoms with E-state index in [9.17, 15) is 4.79 Å². The predicted octanol–water partition coefficient (Wildman–Crippen LogP) is 3.09. The van der Waals surface area contributed by atoms with Crippen LogP contribution in [0.3, 0.4) is 0 Å². The van der Waals surface area contributed by atoms with Gasteiger partial charge >= 0.3 is 0 Å². The summed E-state index contributed by atoms with van der Waals surface area (Å²) >= 11 is 0. The molecule has 0 aliphatic heterocycles. The third-order valence-electron chi connectivity index (χ3n) is 4.56. The van der Waals surface area contributed by atoms with E-state index in [1.165, 1.54) is 17.5 Å². The van der Waals surface area contributed by atoms with Crippen molar-refractivity contribution in [1.82, 2.24) is 5.32 Å². The number of nitrogens with two attached hydrogens (primary N) is 1. The van der Waals surface area contributed by atoms with Gasteiger partial charge < -0.3 is 11.1 Å². The number of carbonyl (C=O) groups is 1. The van der Waals surface area contributed by atoms with Crippen LogP contribution in [0.1, 0.15) is 56.6 Å². The Balaban J connectivity index is 1.83. The normalized spacial score (nSPS) is 19.0. The number of hydrogen-bond acceptors (Lipinski definition) is 2. The van der Waals surface area contributed by atoms with Crippen LogP contribution in [0.4, 0.5) is 0 Å². The first-order valence-corrected chi connectivity index (χ1v) is 8.11. The molecular weight excluding hydrogens is 260 g/mol. The average molecular weight is 288 g/mol. The Morgan fingerprint density at radius 3 is 2.62 bits per heavy atom. The predicted molar refractivity (Wildman–Crippen MR) is 87.1 cm³/mol. The molecule has 0 spiro atoms. The second kappa shape index (κ2) is 7.08. The highest BCUT2D eigenvalue weighted by molar-refractivity contribution is 5.77. The van der Waals surface area contributed by atoms with E-state index >= 15 is 0 Å². The number of benzene rings is 1. The molecule has 1 aromatic rings. The van der Waals surface area contributed by atoms with Gasteiger partial charge in [-0.05, 0) is 44.2 Å². The van der Waals surface area contributed by atoms with E-state index in [0.717, 1.165) is 32.1 Å². The summed E-state index contributed by atoms with van der Waals surface area (Å²) in [7, 11) is 0. The molecule has 1 aliphatic rings. The molecule has 1 aromatic carbocycles. The lowest BCUT2D eigenvalue weighted by molar-refractivity contribution is -0.123. The summed E-state index contributed by atoms with van der Waals surface area (Å²) in [6.07, 6.45) is 6.86. The van der Waals surface area contributed by atoms with Crippen LogP contribution in [0.2, 0.25) is 0 Å². The highest BCUT2D eigenvalue weighted by Crippen LogP contribution is 2.28. The van der Waals surface area contributed by atoms with Gasteiger partial charge in [-0.3, -0.25) is 4.79 Å². The molecule has 1 saturated carbocycles. The van der Waals surface area contributed by atoms with Gasteiger partial charge in [-0.1, -0.05) is 43.5 Å². The lowest BCUT2D eigenvalue weighted by Crippen LogP contribution is -2.47. The highest BCUT2D eigenvalue weighted by Gasteiger charge is 2.30. The smallest absolute Gasteiger partial charge is 0.222 e. The van der Waals surface area contributed by atoms with Gasteiger partial charge in [0.2, 0.25) is 5.91 Å². The molecular formula is C18H28N2O. The molecule has 1 fully saturated rings. The molecule has 21 heavy (non-hydrogen) atoms. The van der Waals surface area contributed by atoms with Crippen molar-refractivity contribution in [2.24, 2.45) is 5.73 Å². The largest absolute Gasteiger partial charge is 0.353 e. The Hall–Kier alpha value is -1.35. The fraction of sp³-hybridized carbons (Fsp3) is 0.611. The summed E-state index contributed by atoms with van der Waals surface area (Å²) in [4.78, 5) is 12.2. The summed E-state index contributed by atoms with van der Waals surface area (Å²) in [5, 5.41) is 3.11. The summed E-state index contributed by atoms with van der Waals surface area (Å²) in [5.41, 5.74) is 8.65.